The fraction of sp³-hybridized carbons (Fsp3) is 0.520. The maximum absolute atomic E-state index is 13.3. The minimum absolute atomic E-state index is 0.0320. The van der Waals surface area contributed by atoms with Crippen molar-refractivity contribution in [1.29, 1.82) is 0 Å². The van der Waals surface area contributed by atoms with E-state index in [1.54, 1.807) is 11.3 Å². The monoisotopic (exact) mass is 503 g/mol. The standard InChI is InChI=1S/C25H34FN5O3S/c1-19(28-25(33)24(32)27-8-9-29-14-16-34-17-15-29)23(22-3-2-18-35-22)31-12-10-30(11-13-31)21-6-4-20(26)5-7-21/h2-7,18-19,23H,8-17H2,1H3,(H,27,32)(H,28,33)/t19-,23+/m0/s1. The van der Waals surface area contributed by atoms with Crippen molar-refractivity contribution in [3.05, 3.63) is 52.5 Å². The van der Waals surface area contributed by atoms with Crippen molar-refractivity contribution in [2.45, 2.75) is 19.0 Å². The van der Waals surface area contributed by atoms with Gasteiger partial charge in [-0.2, -0.15) is 0 Å². The van der Waals surface area contributed by atoms with Gasteiger partial charge in [-0.05, 0) is 42.6 Å². The summed E-state index contributed by atoms with van der Waals surface area (Å²) in [4.78, 5) is 33.0. The Labute approximate surface area is 210 Å². The molecule has 0 unspecified atom stereocenters. The SMILES string of the molecule is C[C@H](NC(=O)C(=O)NCCN1CCOCC1)[C@H](c1cccs1)N1CCN(c2ccc(F)cc2)CC1. The van der Waals surface area contributed by atoms with Crippen LogP contribution in [0.1, 0.15) is 17.8 Å². The quantitative estimate of drug-likeness (QED) is 0.534. The normalized spacial score (nSPS) is 19.2. The minimum Gasteiger partial charge on any atom is -0.379 e. The molecule has 1 aromatic heterocycles. The molecule has 10 heteroatoms. The third kappa shape index (κ3) is 7.00. The Hall–Kier alpha value is -2.53. The number of hydrogen-bond acceptors (Lipinski definition) is 7. The molecule has 0 saturated carbocycles. The van der Waals surface area contributed by atoms with Crippen LogP contribution in [0.4, 0.5) is 10.1 Å². The summed E-state index contributed by atoms with van der Waals surface area (Å²) in [5, 5.41) is 7.70. The summed E-state index contributed by atoms with van der Waals surface area (Å²) >= 11 is 1.65. The van der Waals surface area contributed by atoms with Gasteiger partial charge in [0.1, 0.15) is 5.82 Å². The summed E-state index contributed by atoms with van der Waals surface area (Å²) in [7, 11) is 0. The van der Waals surface area contributed by atoms with Gasteiger partial charge in [0.25, 0.3) is 0 Å². The van der Waals surface area contributed by atoms with Crippen LogP contribution in [0.25, 0.3) is 0 Å². The highest BCUT2D eigenvalue weighted by molar-refractivity contribution is 7.10. The van der Waals surface area contributed by atoms with Crippen LogP contribution in [-0.4, -0.2) is 93.2 Å². The number of nitrogens with zero attached hydrogens (tertiary/aromatic N) is 3. The van der Waals surface area contributed by atoms with E-state index in [0.29, 0.717) is 26.3 Å². The molecule has 2 fully saturated rings. The van der Waals surface area contributed by atoms with Gasteiger partial charge in [0.05, 0.1) is 19.3 Å². The largest absolute Gasteiger partial charge is 0.379 e. The topological polar surface area (TPSA) is 77.1 Å². The molecule has 0 radical (unpaired) electrons. The number of morpholine rings is 1. The number of rotatable bonds is 8. The molecule has 35 heavy (non-hydrogen) atoms. The maximum atomic E-state index is 13.3. The van der Waals surface area contributed by atoms with Crippen LogP contribution >= 0.6 is 11.3 Å². The lowest BCUT2D eigenvalue weighted by Crippen LogP contribution is -2.54. The summed E-state index contributed by atoms with van der Waals surface area (Å²) < 4.78 is 18.6. The van der Waals surface area contributed by atoms with Gasteiger partial charge in [0.2, 0.25) is 0 Å². The number of anilines is 1. The van der Waals surface area contributed by atoms with Gasteiger partial charge in [-0.1, -0.05) is 6.07 Å². The summed E-state index contributed by atoms with van der Waals surface area (Å²) in [5.74, 6) is -1.44. The van der Waals surface area contributed by atoms with Crippen molar-refractivity contribution in [3.8, 4) is 0 Å². The second-order valence-corrected chi connectivity index (χ2v) is 9.91. The average molecular weight is 504 g/mol. The first-order valence-electron chi connectivity index (χ1n) is 12.2. The summed E-state index contributed by atoms with van der Waals surface area (Å²) in [6, 6.07) is 10.4. The van der Waals surface area contributed by atoms with E-state index in [-0.39, 0.29) is 17.9 Å². The fourth-order valence-corrected chi connectivity index (χ4v) is 5.66. The van der Waals surface area contributed by atoms with Crippen molar-refractivity contribution >= 4 is 28.8 Å². The number of halogens is 1. The lowest BCUT2D eigenvalue weighted by Gasteiger charge is -2.42. The van der Waals surface area contributed by atoms with Crippen molar-refractivity contribution in [2.24, 2.45) is 0 Å². The predicted octanol–water partition coefficient (Wildman–Crippen LogP) is 1.70. The molecule has 0 bridgehead atoms. The van der Waals surface area contributed by atoms with E-state index in [9.17, 15) is 14.0 Å². The van der Waals surface area contributed by atoms with Crippen molar-refractivity contribution in [3.63, 3.8) is 0 Å². The van der Waals surface area contributed by atoms with E-state index in [4.69, 9.17) is 4.74 Å². The molecular weight excluding hydrogens is 469 g/mol. The maximum Gasteiger partial charge on any atom is 0.309 e. The van der Waals surface area contributed by atoms with Gasteiger partial charge < -0.3 is 20.3 Å². The molecule has 4 rings (SSSR count). The molecule has 2 N–H and O–H groups in total. The smallest absolute Gasteiger partial charge is 0.309 e. The van der Waals surface area contributed by atoms with Gasteiger partial charge in [0.15, 0.2) is 0 Å². The highest BCUT2D eigenvalue weighted by atomic mass is 32.1. The number of ether oxygens (including phenoxy) is 1. The molecule has 2 atom stereocenters. The Morgan fingerprint density at radius 1 is 1.03 bits per heavy atom. The minimum atomic E-state index is -0.606. The van der Waals surface area contributed by atoms with Gasteiger partial charge in [-0.25, -0.2) is 4.39 Å². The van der Waals surface area contributed by atoms with E-state index in [2.05, 4.69) is 31.4 Å². The van der Waals surface area contributed by atoms with Crippen LogP contribution in [0.2, 0.25) is 0 Å². The zero-order valence-electron chi connectivity index (χ0n) is 20.1. The molecular formula is C25H34FN5O3S. The second-order valence-electron chi connectivity index (χ2n) is 8.93. The van der Waals surface area contributed by atoms with Gasteiger partial charge in [-0.3, -0.25) is 19.4 Å². The predicted molar refractivity (Wildman–Crippen MR) is 135 cm³/mol. The lowest BCUT2D eigenvalue weighted by atomic mass is 10.0. The first-order chi connectivity index (χ1) is 17.0. The van der Waals surface area contributed by atoms with Gasteiger partial charge >= 0.3 is 11.8 Å². The molecule has 1 aromatic carbocycles. The number of benzene rings is 1. The zero-order chi connectivity index (χ0) is 24.6. The van der Waals surface area contributed by atoms with E-state index in [1.807, 2.05) is 30.5 Å². The first-order valence-corrected chi connectivity index (χ1v) is 13.1. The van der Waals surface area contributed by atoms with Gasteiger partial charge in [-0.15, -0.1) is 11.3 Å². The summed E-state index contributed by atoms with van der Waals surface area (Å²) in [6.07, 6.45) is 0. The molecule has 0 spiro atoms. The summed E-state index contributed by atoms with van der Waals surface area (Å²) in [6.45, 7) is 9.38. The van der Waals surface area contributed by atoms with Crippen LogP contribution in [-0.2, 0) is 14.3 Å². The van der Waals surface area contributed by atoms with E-state index in [1.165, 1.54) is 12.1 Å². The molecule has 2 aromatic rings. The zero-order valence-corrected chi connectivity index (χ0v) is 20.9. The number of hydrogen-bond donors (Lipinski definition) is 2. The van der Waals surface area contributed by atoms with E-state index >= 15 is 0 Å². The van der Waals surface area contributed by atoms with E-state index < -0.39 is 11.8 Å². The highest BCUT2D eigenvalue weighted by Gasteiger charge is 2.32. The number of piperazine rings is 1. The molecule has 2 aliphatic rings. The molecule has 0 aliphatic carbocycles. The Kier molecular flexibility index (Phi) is 9.08. The van der Waals surface area contributed by atoms with Crippen molar-refractivity contribution < 1.29 is 18.7 Å². The van der Waals surface area contributed by atoms with Crippen molar-refractivity contribution in [2.75, 3.05) is 70.5 Å². The Morgan fingerprint density at radius 2 is 1.74 bits per heavy atom. The lowest BCUT2D eigenvalue weighted by molar-refractivity contribution is -0.139. The van der Waals surface area contributed by atoms with Crippen LogP contribution in [0.5, 0.6) is 0 Å². The third-order valence-electron chi connectivity index (χ3n) is 6.59. The molecule has 3 heterocycles. The Bertz CT molecular complexity index is 945. The number of amides is 2. The van der Waals surface area contributed by atoms with Crippen LogP contribution in [0.15, 0.2) is 41.8 Å². The van der Waals surface area contributed by atoms with Crippen LogP contribution in [0.3, 0.4) is 0 Å². The van der Waals surface area contributed by atoms with Crippen LogP contribution in [0, 0.1) is 5.82 Å². The molecule has 2 aliphatic heterocycles. The number of carbonyl (C=O) groups is 2. The van der Waals surface area contributed by atoms with Gasteiger partial charge in [0, 0.05) is 69.0 Å². The molecule has 2 saturated heterocycles. The number of carbonyl (C=O) groups excluding carboxylic acids is 2. The Morgan fingerprint density at radius 3 is 2.40 bits per heavy atom. The third-order valence-corrected chi connectivity index (χ3v) is 7.53. The highest BCUT2D eigenvalue weighted by Crippen LogP contribution is 2.30. The molecule has 8 nitrogen and oxygen atoms in total. The van der Waals surface area contributed by atoms with Crippen molar-refractivity contribution in [1.82, 2.24) is 20.4 Å². The molecule has 2 amide bonds. The first kappa shape index (κ1) is 25.6. The number of nitrogens with one attached hydrogen (secondary N) is 2. The average Bonchev–Trinajstić information content (AvgIpc) is 3.40. The molecule has 190 valence electrons. The van der Waals surface area contributed by atoms with E-state index in [0.717, 1.165) is 49.8 Å². The Balaban J connectivity index is 1.30. The number of thiophene rings is 1. The fourth-order valence-electron chi connectivity index (χ4n) is 4.70. The second kappa shape index (κ2) is 12.4. The summed E-state index contributed by atoms with van der Waals surface area (Å²) in [5.41, 5.74) is 1.01. The van der Waals surface area contributed by atoms with Crippen LogP contribution < -0.4 is 15.5 Å².